The summed E-state index contributed by atoms with van der Waals surface area (Å²) in [5.74, 6) is -0.160. The largest absolute Gasteiger partial charge is 0.506 e. The van der Waals surface area contributed by atoms with Gasteiger partial charge in [-0.25, -0.2) is 4.39 Å². The third-order valence-electron chi connectivity index (χ3n) is 7.07. The summed E-state index contributed by atoms with van der Waals surface area (Å²) in [5.41, 5.74) is 4.02. The molecular weight excluding hydrogens is 315 g/mol. The normalized spacial score (nSPS) is 40.4. The van der Waals surface area contributed by atoms with E-state index in [1.165, 1.54) is 11.1 Å². The lowest BCUT2D eigenvalue weighted by atomic mass is 9.59. The molecule has 0 heterocycles. The molecule has 2 saturated carbocycles. The molecular formula is C19H18ClFO2. The van der Waals surface area contributed by atoms with Crippen LogP contribution in [0.2, 0.25) is 5.02 Å². The fourth-order valence-corrected chi connectivity index (χ4v) is 5.99. The average molecular weight is 333 g/mol. The number of halogens is 2. The number of carbonyl (C=O) groups excluding carboxylic acids is 1. The Balaban J connectivity index is 1.72. The maximum atomic E-state index is 14.4. The van der Waals surface area contributed by atoms with Gasteiger partial charge in [0, 0.05) is 16.7 Å². The molecule has 4 aliphatic carbocycles. The monoisotopic (exact) mass is 332 g/mol. The molecule has 0 aliphatic heterocycles. The highest BCUT2D eigenvalue weighted by atomic mass is 35.5. The highest BCUT2D eigenvalue weighted by Gasteiger charge is 2.79. The van der Waals surface area contributed by atoms with Gasteiger partial charge in [-0.05, 0) is 60.9 Å². The number of rotatable bonds is 0. The Hall–Kier alpha value is -1.35. The van der Waals surface area contributed by atoms with Gasteiger partial charge in [0.1, 0.15) is 5.75 Å². The maximum absolute atomic E-state index is 14.4. The number of fused-ring (bicyclic) bond motifs is 2. The Morgan fingerprint density at radius 2 is 2.09 bits per heavy atom. The zero-order valence-corrected chi connectivity index (χ0v) is 13.7. The molecule has 1 aromatic rings. The predicted molar refractivity (Wildman–Crippen MR) is 86.1 cm³/mol. The van der Waals surface area contributed by atoms with E-state index in [9.17, 15) is 14.3 Å². The van der Waals surface area contributed by atoms with Gasteiger partial charge < -0.3 is 5.11 Å². The van der Waals surface area contributed by atoms with Crippen molar-refractivity contribution < 1.29 is 14.3 Å². The van der Waals surface area contributed by atoms with Gasteiger partial charge in [0.25, 0.3) is 0 Å². The molecule has 0 bridgehead atoms. The van der Waals surface area contributed by atoms with Crippen LogP contribution in [0.4, 0.5) is 4.39 Å². The molecule has 120 valence electrons. The fraction of sp³-hybridized carbons (Fsp3) is 0.526. The van der Waals surface area contributed by atoms with E-state index in [-0.39, 0.29) is 22.9 Å². The van der Waals surface area contributed by atoms with Crippen molar-refractivity contribution in [2.75, 3.05) is 0 Å². The number of allylic oxidation sites excluding steroid dienone is 2. The second-order valence-corrected chi connectivity index (χ2v) is 8.21. The maximum Gasteiger partial charge on any atom is 0.173 e. The van der Waals surface area contributed by atoms with Crippen LogP contribution in [0.5, 0.6) is 5.75 Å². The summed E-state index contributed by atoms with van der Waals surface area (Å²) in [6.07, 6.45) is 2.75. The van der Waals surface area contributed by atoms with Crippen LogP contribution in [0.3, 0.4) is 0 Å². The topological polar surface area (TPSA) is 37.3 Å². The third-order valence-corrected chi connectivity index (χ3v) is 7.37. The second-order valence-electron chi connectivity index (χ2n) is 7.80. The van der Waals surface area contributed by atoms with E-state index in [1.807, 2.05) is 13.0 Å². The minimum absolute atomic E-state index is 0.112. The number of aryl methyl sites for hydroxylation is 1. The van der Waals surface area contributed by atoms with E-state index in [4.69, 9.17) is 11.6 Å². The van der Waals surface area contributed by atoms with Gasteiger partial charge in [0.05, 0.1) is 5.02 Å². The van der Waals surface area contributed by atoms with Crippen LogP contribution in [0.25, 0.3) is 5.57 Å². The summed E-state index contributed by atoms with van der Waals surface area (Å²) in [5, 5.41) is 10.2. The molecule has 1 aromatic carbocycles. The molecule has 4 heteroatoms. The number of Topliss-reactive ketones (excluding diaryl/α,β-unsaturated/α-hetero) is 1. The van der Waals surface area contributed by atoms with E-state index in [1.54, 1.807) is 6.07 Å². The summed E-state index contributed by atoms with van der Waals surface area (Å²) in [6.45, 7) is 1.98. The zero-order valence-electron chi connectivity index (χ0n) is 13.0. The zero-order chi connectivity index (χ0) is 16.1. The van der Waals surface area contributed by atoms with Gasteiger partial charge in [0.2, 0.25) is 0 Å². The number of alkyl halides is 1. The van der Waals surface area contributed by atoms with Crippen molar-refractivity contribution in [2.45, 2.75) is 45.2 Å². The van der Waals surface area contributed by atoms with Gasteiger partial charge in [-0.1, -0.05) is 24.1 Å². The number of hydrogen-bond donors (Lipinski definition) is 1. The standard InChI is InChI=1S/C19H18ClFO2/c1-18-5-4-10-11-7-14(20)15(22)6-9(11)2-3-12(10)19(18)8-13(19)16(21)17(18)23/h6-7,13,16,22H,2-5,8H2,1H3/t13?,16-,18-,19?/m1/s1. The molecule has 0 aromatic heterocycles. The van der Waals surface area contributed by atoms with E-state index in [0.717, 1.165) is 43.2 Å². The summed E-state index contributed by atoms with van der Waals surface area (Å²) in [6, 6.07) is 3.61. The molecule has 0 amide bonds. The summed E-state index contributed by atoms with van der Waals surface area (Å²) in [4.78, 5) is 12.5. The van der Waals surface area contributed by atoms with Crippen molar-refractivity contribution >= 4 is 23.0 Å². The summed E-state index contributed by atoms with van der Waals surface area (Å²) < 4.78 is 14.4. The Bertz CT molecular complexity index is 814. The minimum Gasteiger partial charge on any atom is -0.506 e. The predicted octanol–water partition coefficient (Wildman–Crippen LogP) is 4.47. The molecule has 1 N–H and O–H groups in total. The van der Waals surface area contributed by atoms with Gasteiger partial charge >= 0.3 is 0 Å². The number of hydrogen-bond acceptors (Lipinski definition) is 2. The lowest BCUT2D eigenvalue weighted by Gasteiger charge is -2.43. The second kappa shape index (κ2) is 4.00. The number of phenols is 1. The van der Waals surface area contributed by atoms with Crippen molar-refractivity contribution in [3.05, 3.63) is 33.9 Å². The van der Waals surface area contributed by atoms with Crippen molar-refractivity contribution in [1.82, 2.24) is 0 Å². The van der Waals surface area contributed by atoms with E-state index in [2.05, 4.69) is 0 Å². The molecule has 4 aliphatic rings. The van der Waals surface area contributed by atoms with Crippen LogP contribution < -0.4 is 0 Å². The molecule has 0 radical (unpaired) electrons. The summed E-state index contributed by atoms with van der Waals surface area (Å²) in [7, 11) is 0. The molecule has 1 spiro atoms. The van der Waals surface area contributed by atoms with Crippen molar-refractivity contribution in [3.8, 4) is 5.75 Å². The van der Waals surface area contributed by atoms with E-state index < -0.39 is 11.6 Å². The Morgan fingerprint density at radius 3 is 2.87 bits per heavy atom. The number of benzene rings is 1. The fourth-order valence-electron chi connectivity index (χ4n) is 5.83. The summed E-state index contributed by atoms with van der Waals surface area (Å²) >= 11 is 6.12. The number of aromatic hydroxyl groups is 1. The van der Waals surface area contributed by atoms with Crippen LogP contribution in [-0.4, -0.2) is 17.1 Å². The van der Waals surface area contributed by atoms with Crippen molar-refractivity contribution in [2.24, 2.45) is 16.7 Å². The lowest BCUT2D eigenvalue weighted by molar-refractivity contribution is -0.132. The van der Waals surface area contributed by atoms with Gasteiger partial charge in [-0.2, -0.15) is 0 Å². The molecule has 23 heavy (non-hydrogen) atoms. The average Bonchev–Trinajstić information content (AvgIpc) is 3.24. The molecule has 5 rings (SSSR count). The highest BCUT2D eigenvalue weighted by molar-refractivity contribution is 6.32. The van der Waals surface area contributed by atoms with E-state index >= 15 is 0 Å². The molecule has 0 saturated heterocycles. The van der Waals surface area contributed by atoms with Crippen LogP contribution in [0.1, 0.15) is 43.7 Å². The lowest BCUT2D eigenvalue weighted by Crippen LogP contribution is -2.40. The Labute approximate surface area is 139 Å². The van der Waals surface area contributed by atoms with Crippen LogP contribution in [-0.2, 0) is 11.2 Å². The van der Waals surface area contributed by atoms with Gasteiger partial charge in [-0.3, -0.25) is 4.79 Å². The van der Waals surface area contributed by atoms with Crippen molar-refractivity contribution in [1.29, 1.82) is 0 Å². The minimum atomic E-state index is -1.28. The first kappa shape index (κ1) is 14.0. The Kier molecular flexibility index (Phi) is 2.44. The van der Waals surface area contributed by atoms with Crippen LogP contribution in [0, 0.1) is 16.7 Å². The Morgan fingerprint density at radius 1 is 1.30 bits per heavy atom. The van der Waals surface area contributed by atoms with Crippen LogP contribution in [0.15, 0.2) is 17.7 Å². The molecule has 2 unspecified atom stereocenters. The van der Waals surface area contributed by atoms with E-state index in [0.29, 0.717) is 5.02 Å². The molecule has 2 fully saturated rings. The highest BCUT2D eigenvalue weighted by Crippen LogP contribution is 2.79. The number of carbonyl (C=O) groups is 1. The molecule has 4 atom stereocenters. The SMILES string of the molecule is C[C@]12CCC3=C(CCc4cc(O)c(Cl)cc43)C13CC3[C@@H](F)C2=O. The first-order chi connectivity index (χ1) is 10.9. The smallest absolute Gasteiger partial charge is 0.173 e. The first-order valence-electron chi connectivity index (χ1n) is 8.33. The van der Waals surface area contributed by atoms with Crippen LogP contribution >= 0.6 is 11.6 Å². The van der Waals surface area contributed by atoms with Crippen molar-refractivity contribution in [3.63, 3.8) is 0 Å². The quantitative estimate of drug-likeness (QED) is 0.761. The number of ketones is 1. The van der Waals surface area contributed by atoms with Gasteiger partial charge in [-0.15, -0.1) is 0 Å². The van der Waals surface area contributed by atoms with Gasteiger partial charge in [0.15, 0.2) is 12.0 Å². The molecule has 2 nitrogen and oxygen atoms in total. The third kappa shape index (κ3) is 1.40. The number of phenolic OH excluding ortho intramolecular Hbond substituents is 1. The first-order valence-corrected chi connectivity index (χ1v) is 8.70.